The van der Waals surface area contributed by atoms with Crippen LogP contribution in [0.1, 0.15) is 31.4 Å². The van der Waals surface area contributed by atoms with Crippen molar-refractivity contribution in [2.75, 3.05) is 6.54 Å². The van der Waals surface area contributed by atoms with Gasteiger partial charge in [-0.1, -0.05) is 30.3 Å². The minimum Gasteiger partial charge on any atom is -0.310 e. The van der Waals surface area contributed by atoms with Crippen LogP contribution in [-0.2, 0) is 0 Å². The topological polar surface area (TPSA) is 12.0 Å². The molecule has 1 aliphatic rings. The molecule has 1 N–H and O–H groups in total. The molecule has 0 radical (unpaired) electrons. The first-order valence-corrected chi connectivity index (χ1v) is 5.15. The summed E-state index contributed by atoms with van der Waals surface area (Å²) in [7, 11) is 0. The molecule has 0 bridgehead atoms. The lowest BCUT2D eigenvalue weighted by molar-refractivity contribution is 0.113. The van der Waals surface area contributed by atoms with E-state index < -0.39 is 5.67 Å². The van der Waals surface area contributed by atoms with E-state index in [9.17, 15) is 4.39 Å². The number of rotatable bonds is 1. The third-order valence-corrected chi connectivity index (χ3v) is 2.87. The van der Waals surface area contributed by atoms with Crippen LogP contribution in [-0.4, -0.2) is 12.2 Å². The van der Waals surface area contributed by atoms with Gasteiger partial charge in [-0.25, -0.2) is 4.39 Å². The third-order valence-electron chi connectivity index (χ3n) is 2.87. The van der Waals surface area contributed by atoms with E-state index in [0.29, 0.717) is 12.8 Å². The van der Waals surface area contributed by atoms with Crippen LogP contribution in [0.2, 0.25) is 0 Å². The van der Waals surface area contributed by atoms with Gasteiger partial charge >= 0.3 is 0 Å². The molecule has 1 saturated heterocycles. The lowest BCUT2D eigenvalue weighted by Crippen LogP contribution is -2.38. The summed E-state index contributed by atoms with van der Waals surface area (Å²) < 4.78 is 13.8. The van der Waals surface area contributed by atoms with Crippen molar-refractivity contribution < 1.29 is 4.39 Å². The summed E-state index contributed by atoms with van der Waals surface area (Å²) in [5.41, 5.74) is 0.183. The molecule has 1 nitrogen and oxygen atoms in total. The van der Waals surface area contributed by atoms with E-state index in [-0.39, 0.29) is 6.04 Å². The van der Waals surface area contributed by atoms with Crippen molar-refractivity contribution in [3.63, 3.8) is 0 Å². The van der Waals surface area contributed by atoms with Gasteiger partial charge in [-0.15, -0.1) is 0 Å². The molecule has 0 saturated carbocycles. The highest BCUT2D eigenvalue weighted by molar-refractivity contribution is 5.20. The van der Waals surface area contributed by atoms with Crippen LogP contribution in [0.3, 0.4) is 0 Å². The first-order chi connectivity index (χ1) is 6.67. The maximum atomic E-state index is 13.8. The molecule has 14 heavy (non-hydrogen) atoms. The molecule has 0 aliphatic carbocycles. The van der Waals surface area contributed by atoms with Gasteiger partial charge in [-0.3, -0.25) is 0 Å². The number of hydrogen-bond donors (Lipinski definition) is 1. The number of halogens is 1. The summed E-state index contributed by atoms with van der Waals surface area (Å²) >= 11 is 0. The summed E-state index contributed by atoms with van der Waals surface area (Å²) in [5.74, 6) is 0. The molecule has 0 amide bonds. The van der Waals surface area contributed by atoms with E-state index in [0.717, 1.165) is 6.54 Å². The van der Waals surface area contributed by atoms with Crippen molar-refractivity contribution in [2.45, 2.75) is 31.5 Å². The Kier molecular flexibility index (Phi) is 2.55. The molecule has 2 rings (SSSR count). The first kappa shape index (κ1) is 9.66. The predicted octanol–water partition coefficient (Wildman–Crippen LogP) is 2.84. The summed E-state index contributed by atoms with van der Waals surface area (Å²) in [4.78, 5) is 0. The predicted molar refractivity (Wildman–Crippen MR) is 55.9 cm³/mol. The standard InChI is InChI=1S/C12H16FN/c1-12(13)7-8-14-11(9-12)10-5-3-2-4-6-10/h2-6,11,14H,7-9H2,1H3. The number of piperidine rings is 1. The Balaban J connectivity index is 2.12. The molecule has 1 fully saturated rings. The van der Waals surface area contributed by atoms with Crippen LogP contribution < -0.4 is 5.32 Å². The van der Waals surface area contributed by atoms with Gasteiger partial charge in [-0.05, 0) is 25.5 Å². The second-order valence-electron chi connectivity index (χ2n) is 4.28. The average Bonchev–Trinajstić information content (AvgIpc) is 2.18. The first-order valence-electron chi connectivity index (χ1n) is 5.15. The second-order valence-corrected chi connectivity index (χ2v) is 4.28. The van der Waals surface area contributed by atoms with Gasteiger partial charge < -0.3 is 5.32 Å². The summed E-state index contributed by atoms with van der Waals surface area (Å²) in [6, 6.07) is 10.3. The fraction of sp³-hybridized carbons (Fsp3) is 0.500. The Bertz CT molecular complexity index is 294. The van der Waals surface area contributed by atoms with Gasteiger partial charge in [0.2, 0.25) is 0 Å². The molecular weight excluding hydrogens is 177 g/mol. The van der Waals surface area contributed by atoms with Crippen molar-refractivity contribution in [1.82, 2.24) is 5.32 Å². The van der Waals surface area contributed by atoms with Crippen LogP contribution >= 0.6 is 0 Å². The van der Waals surface area contributed by atoms with Crippen molar-refractivity contribution in [2.24, 2.45) is 0 Å². The molecule has 1 aromatic carbocycles. The van der Waals surface area contributed by atoms with Gasteiger partial charge in [0.05, 0.1) is 0 Å². The molecule has 0 spiro atoms. The number of nitrogens with one attached hydrogen (secondary N) is 1. The smallest absolute Gasteiger partial charge is 0.111 e. The maximum Gasteiger partial charge on any atom is 0.111 e. The molecule has 2 unspecified atom stereocenters. The fourth-order valence-corrected chi connectivity index (χ4v) is 2.03. The summed E-state index contributed by atoms with van der Waals surface area (Å²) in [6.07, 6.45) is 1.20. The Hall–Kier alpha value is -0.890. The zero-order valence-corrected chi connectivity index (χ0v) is 8.46. The number of benzene rings is 1. The fourth-order valence-electron chi connectivity index (χ4n) is 2.03. The van der Waals surface area contributed by atoms with E-state index in [1.807, 2.05) is 18.2 Å². The monoisotopic (exact) mass is 193 g/mol. The highest BCUT2D eigenvalue weighted by Gasteiger charge is 2.31. The van der Waals surface area contributed by atoms with Gasteiger partial charge in [0.25, 0.3) is 0 Å². The van der Waals surface area contributed by atoms with Crippen molar-refractivity contribution in [3.05, 3.63) is 35.9 Å². The van der Waals surface area contributed by atoms with E-state index in [2.05, 4.69) is 17.4 Å². The second kappa shape index (κ2) is 3.70. The highest BCUT2D eigenvalue weighted by atomic mass is 19.1. The molecule has 1 heterocycles. The molecule has 76 valence electrons. The molecule has 1 aliphatic heterocycles. The summed E-state index contributed by atoms with van der Waals surface area (Å²) in [5, 5.41) is 3.35. The van der Waals surface area contributed by atoms with Crippen LogP contribution in [0.5, 0.6) is 0 Å². The zero-order valence-electron chi connectivity index (χ0n) is 8.46. The van der Waals surface area contributed by atoms with Gasteiger partial charge in [0.15, 0.2) is 0 Å². The van der Waals surface area contributed by atoms with Crippen molar-refractivity contribution >= 4 is 0 Å². The molecule has 0 aromatic heterocycles. The average molecular weight is 193 g/mol. The van der Waals surface area contributed by atoms with Crippen molar-refractivity contribution in [3.8, 4) is 0 Å². The van der Waals surface area contributed by atoms with Gasteiger partial charge in [0.1, 0.15) is 5.67 Å². The van der Waals surface area contributed by atoms with Gasteiger partial charge in [-0.2, -0.15) is 0 Å². The minimum atomic E-state index is -1.01. The van der Waals surface area contributed by atoms with E-state index in [4.69, 9.17) is 0 Å². The Labute approximate surface area is 84.3 Å². The van der Waals surface area contributed by atoms with E-state index >= 15 is 0 Å². The van der Waals surface area contributed by atoms with Crippen LogP contribution in [0.25, 0.3) is 0 Å². The lowest BCUT2D eigenvalue weighted by atomic mass is 9.88. The van der Waals surface area contributed by atoms with E-state index in [1.165, 1.54) is 5.56 Å². The van der Waals surface area contributed by atoms with Gasteiger partial charge in [0, 0.05) is 12.5 Å². The SMILES string of the molecule is CC1(F)CCNC(c2ccccc2)C1. The largest absolute Gasteiger partial charge is 0.310 e. The Morgan fingerprint density at radius 1 is 1.36 bits per heavy atom. The molecule has 2 atom stereocenters. The third kappa shape index (κ3) is 2.13. The number of hydrogen-bond acceptors (Lipinski definition) is 1. The van der Waals surface area contributed by atoms with Crippen molar-refractivity contribution in [1.29, 1.82) is 0 Å². The van der Waals surface area contributed by atoms with E-state index in [1.54, 1.807) is 6.92 Å². The quantitative estimate of drug-likeness (QED) is 0.723. The van der Waals surface area contributed by atoms with Crippen LogP contribution in [0, 0.1) is 0 Å². The highest BCUT2D eigenvalue weighted by Crippen LogP contribution is 2.32. The number of alkyl halides is 1. The van der Waals surface area contributed by atoms with Crippen LogP contribution in [0.4, 0.5) is 4.39 Å². The minimum absolute atomic E-state index is 0.181. The maximum absolute atomic E-state index is 13.8. The lowest BCUT2D eigenvalue weighted by Gasteiger charge is -2.33. The molecular formula is C12H16FN. The zero-order chi connectivity index (χ0) is 10.0. The molecule has 1 aromatic rings. The Morgan fingerprint density at radius 3 is 2.71 bits per heavy atom. The van der Waals surface area contributed by atoms with Crippen LogP contribution in [0.15, 0.2) is 30.3 Å². The Morgan fingerprint density at radius 2 is 2.07 bits per heavy atom. The summed E-state index contributed by atoms with van der Waals surface area (Å²) in [6.45, 7) is 2.47. The molecule has 2 heteroatoms. The normalized spacial score (nSPS) is 32.9.